The Balaban J connectivity index is 1.47. The Bertz CT molecular complexity index is 903. The number of rotatable bonds is 6. The molecule has 1 aliphatic rings. The highest BCUT2D eigenvalue weighted by Crippen LogP contribution is 2.27. The van der Waals surface area contributed by atoms with Gasteiger partial charge in [-0.15, -0.1) is 0 Å². The molecule has 0 N–H and O–H groups in total. The van der Waals surface area contributed by atoms with Gasteiger partial charge in [0.25, 0.3) is 0 Å². The summed E-state index contributed by atoms with van der Waals surface area (Å²) in [6.07, 6.45) is 5.58. The summed E-state index contributed by atoms with van der Waals surface area (Å²) in [6.45, 7) is 1.45. The molecule has 2 heterocycles. The second-order valence-electron chi connectivity index (χ2n) is 7.36. The van der Waals surface area contributed by atoms with Crippen molar-refractivity contribution in [1.82, 2.24) is 9.97 Å². The van der Waals surface area contributed by atoms with E-state index in [0.717, 1.165) is 30.5 Å². The molecule has 0 saturated carbocycles. The van der Waals surface area contributed by atoms with Gasteiger partial charge in [0, 0.05) is 31.9 Å². The van der Waals surface area contributed by atoms with E-state index in [-0.39, 0.29) is 18.0 Å². The fourth-order valence-corrected chi connectivity index (χ4v) is 3.77. The third-order valence-corrected chi connectivity index (χ3v) is 5.28. The summed E-state index contributed by atoms with van der Waals surface area (Å²) in [4.78, 5) is 23.8. The van der Waals surface area contributed by atoms with Crippen LogP contribution in [0, 0.1) is 5.92 Å². The highest BCUT2D eigenvalue weighted by Gasteiger charge is 2.30. The Hall–Kier alpha value is -3.21. The summed E-state index contributed by atoms with van der Waals surface area (Å²) in [5, 5.41) is 0. The Morgan fingerprint density at radius 3 is 2.41 bits per heavy atom. The van der Waals surface area contributed by atoms with Crippen molar-refractivity contribution in [1.29, 1.82) is 0 Å². The monoisotopic (exact) mass is 387 g/mol. The maximum atomic E-state index is 13.1. The molecule has 3 aromatic rings. The normalized spacial score (nSPS) is 17.5. The van der Waals surface area contributed by atoms with Crippen LogP contribution in [0.3, 0.4) is 0 Å². The lowest BCUT2D eigenvalue weighted by Gasteiger charge is -2.32. The first-order valence-electron chi connectivity index (χ1n) is 10.1. The third-order valence-electron chi connectivity index (χ3n) is 5.28. The zero-order valence-corrected chi connectivity index (χ0v) is 16.4. The van der Waals surface area contributed by atoms with Crippen molar-refractivity contribution < 1.29 is 9.53 Å². The van der Waals surface area contributed by atoms with Crippen LogP contribution in [-0.2, 0) is 16.0 Å². The van der Waals surface area contributed by atoms with Crippen molar-refractivity contribution in [2.24, 2.45) is 5.92 Å². The number of carbonyl (C=O) groups excluding carboxylic acids is 1. The molecule has 148 valence electrons. The van der Waals surface area contributed by atoms with Crippen LogP contribution in [0.1, 0.15) is 30.1 Å². The van der Waals surface area contributed by atoms with Crippen molar-refractivity contribution in [3.8, 4) is 0 Å². The Labute approximate surface area is 171 Å². The molecule has 5 heteroatoms. The average Bonchev–Trinajstić information content (AvgIpc) is 2.80. The molecule has 1 saturated heterocycles. The van der Waals surface area contributed by atoms with E-state index in [2.05, 4.69) is 27.0 Å². The van der Waals surface area contributed by atoms with Crippen LogP contribution >= 0.6 is 0 Å². The van der Waals surface area contributed by atoms with Gasteiger partial charge in [-0.25, -0.2) is 9.97 Å². The molecule has 1 aromatic heterocycles. The molecule has 0 aliphatic carbocycles. The summed E-state index contributed by atoms with van der Waals surface area (Å²) in [5.41, 5.74) is 2.17. The van der Waals surface area contributed by atoms with Gasteiger partial charge in [0.05, 0.1) is 5.92 Å². The smallest absolute Gasteiger partial charge is 0.311 e. The van der Waals surface area contributed by atoms with Gasteiger partial charge in [-0.05, 0) is 30.0 Å². The number of hydrogen-bond donors (Lipinski definition) is 0. The summed E-state index contributed by atoms with van der Waals surface area (Å²) >= 11 is 0. The minimum Gasteiger partial charge on any atom is -0.457 e. The van der Waals surface area contributed by atoms with Gasteiger partial charge in [-0.1, -0.05) is 60.7 Å². The lowest BCUT2D eigenvalue weighted by molar-refractivity contribution is -0.154. The number of benzene rings is 2. The first kappa shape index (κ1) is 19.1. The first-order chi connectivity index (χ1) is 14.3. The van der Waals surface area contributed by atoms with Crippen molar-refractivity contribution in [3.05, 3.63) is 90.3 Å². The summed E-state index contributed by atoms with van der Waals surface area (Å²) in [5.74, 6) is 0.360. The number of anilines is 1. The highest BCUT2D eigenvalue weighted by molar-refractivity contribution is 5.74. The topological polar surface area (TPSA) is 55.3 Å². The van der Waals surface area contributed by atoms with Crippen LogP contribution in [0.2, 0.25) is 0 Å². The summed E-state index contributed by atoms with van der Waals surface area (Å²) in [7, 11) is 0. The zero-order valence-electron chi connectivity index (χ0n) is 16.4. The largest absolute Gasteiger partial charge is 0.457 e. The number of ether oxygens (including phenoxy) is 1. The molecule has 5 nitrogen and oxygen atoms in total. The fraction of sp³-hybridized carbons (Fsp3) is 0.292. The molecule has 0 bridgehead atoms. The number of esters is 1. The van der Waals surface area contributed by atoms with Crippen molar-refractivity contribution >= 4 is 11.9 Å². The van der Waals surface area contributed by atoms with Crippen LogP contribution in [0.5, 0.6) is 0 Å². The van der Waals surface area contributed by atoms with E-state index >= 15 is 0 Å². The highest BCUT2D eigenvalue weighted by atomic mass is 16.5. The third kappa shape index (κ3) is 4.99. The quantitative estimate of drug-likeness (QED) is 0.593. The summed E-state index contributed by atoms with van der Waals surface area (Å²) < 4.78 is 6.06. The number of nitrogens with zero attached hydrogens (tertiary/aromatic N) is 3. The van der Waals surface area contributed by atoms with Gasteiger partial charge in [-0.3, -0.25) is 4.79 Å². The van der Waals surface area contributed by atoms with Gasteiger partial charge in [0.2, 0.25) is 5.95 Å². The van der Waals surface area contributed by atoms with Crippen LogP contribution in [0.4, 0.5) is 5.95 Å². The standard InChI is InChI=1S/C24H25N3O2/c28-23(21-13-7-16-27(18-21)24-25-14-8-15-26-24)29-22(20-11-5-2-6-12-20)17-19-9-3-1-4-10-19/h1-6,8-12,14-15,21-22H,7,13,16-18H2/t21-,22-/m1/s1. The van der Waals surface area contributed by atoms with E-state index in [1.165, 1.54) is 0 Å². The number of hydrogen-bond acceptors (Lipinski definition) is 5. The minimum atomic E-state index is -0.297. The number of piperidine rings is 1. The molecule has 4 rings (SSSR count). The predicted octanol–water partition coefficient (Wildman–Crippen LogP) is 4.22. The SMILES string of the molecule is O=C(O[C@H](Cc1ccccc1)c1ccccc1)[C@@H]1CCCN(c2ncccn2)C1. The predicted molar refractivity (Wildman–Crippen MR) is 112 cm³/mol. The minimum absolute atomic E-state index is 0.143. The van der Waals surface area contributed by atoms with E-state index in [4.69, 9.17) is 4.74 Å². The second-order valence-corrected chi connectivity index (χ2v) is 7.36. The van der Waals surface area contributed by atoms with Crippen LogP contribution in [0.15, 0.2) is 79.1 Å². The van der Waals surface area contributed by atoms with Crippen molar-refractivity contribution in [3.63, 3.8) is 0 Å². The maximum Gasteiger partial charge on any atom is 0.311 e. The first-order valence-corrected chi connectivity index (χ1v) is 10.1. The Morgan fingerprint density at radius 2 is 1.69 bits per heavy atom. The average molecular weight is 387 g/mol. The zero-order chi connectivity index (χ0) is 19.9. The number of carbonyl (C=O) groups is 1. The molecule has 0 radical (unpaired) electrons. The molecule has 0 amide bonds. The molecule has 1 fully saturated rings. The Kier molecular flexibility index (Phi) is 6.15. The molecule has 2 atom stereocenters. The van der Waals surface area contributed by atoms with Crippen LogP contribution in [0.25, 0.3) is 0 Å². The summed E-state index contributed by atoms with van der Waals surface area (Å²) in [6, 6.07) is 21.9. The van der Waals surface area contributed by atoms with E-state index in [1.54, 1.807) is 18.5 Å². The molecule has 1 aliphatic heterocycles. The van der Waals surface area contributed by atoms with Crippen LogP contribution < -0.4 is 4.90 Å². The van der Waals surface area contributed by atoms with Gasteiger partial charge in [0.15, 0.2) is 0 Å². The van der Waals surface area contributed by atoms with Gasteiger partial charge >= 0.3 is 5.97 Å². The van der Waals surface area contributed by atoms with Gasteiger partial charge in [-0.2, -0.15) is 0 Å². The van der Waals surface area contributed by atoms with E-state index in [1.807, 2.05) is 48.5 Å². The van der Waals surface area contributed by atoms with E-state index in [0.29, 0.717) is 18.9 Å². The Morgan fingerprint density at radius 1 is 1.00 bits per heavy atom. The lowest BCUT2D eigenvalue weighted by Crippen LogP contribution is -2.40. The van der Waals surface area contributed by atoms with Crippen molar-refractivity contribution in [2.45, 2.75) is 25.4 Å². The van der Waals surface area contributed by atoms with Crippen LogP contribution in [-0.4, -0.2) is 29.0 Å². The van der Waals surface area contributed by atoms with Crippen molar-refractivity contribution in [2.75, 3.05) is 18.0 Å². The fourth-order valence-electron chi connectivity index (χ4n) is 3.77. The molecular formula is C24H25N3O2. The second kappa shape index (κ2) is 9.32. The van der Waals surface area contributed by atoms with Gasteiger partial charge in [0.1, 0.15) is 6.10 Å². The molecular weight excluding hydrogens is 362 g/mol. The molecule has 0 unspecified atom stereocenters. The molecule has 0 spiro atoms. The van der Waals surface area contributed by atoms with Gasteiger partial charge < -0.3 is 9.64 Å². The van der Waals surface area contributed by atoms with E-state index in [9.17, 15) is 4.79 Å². The van der Waals surface area contributed by atoms with E-state index < -0.39 is 0 Å². The maximum absolute atomic E-state index is 13.1. The molecule has 2 aromatic carbocycles. The molecule has 29 heavy (non-hydrogen) atoms. The lowest BCUT2D eigenvalue weighted by atomic mass is 9.97. The number of aromatic nitrogens is 2.